The summed E-state index contributed by atoms with van der Waals surface area (Å²) in [5.74, 6) is 0.665. The SMILES string of the molecule is Cc1nc(Cl)nc(C(C#N)=C2Nc3ccccc3N2C)c1Br. The molecule has 5 nitrogen and oxygen atoms in total. The number of rotatable bonds is 1. The quantitative estimate of drug-likeness (QED) is 0.603. The Morgan fingerprint density at radius 3 is 2.77 bits per heavy atom. The Labute approximate surface area is 141 Å². The number of anilines is 2. The minimum absolute atomic E-state index is 0.113. The number of halogens is 2. The zero-order valence-electron chi connectivity index (χ0n) is 11.9. The summed E-state index contributed by atoms with van der Waals surface area (Å²) in [5.41, 5.74) is 3.50. The third-order valence-corrected chi connectivity index (χ3v) is 4.55. The molecule has 0 atom stereocenters. The Balaban J connectivity index is 2.20. The van der Waals surface area contributed by atoms with Crippen LogP contribution in [0.5, 0.6) is 0 Å². The maximum Gasteiger partial charge on any atom is 0.223 e. The number of allylic oxidation sites excluding steroid dienone is 1. The van der Waals surface area contributed by atoms with Crippen LogP contribution in [0.2, 0.25) is 5.28 Å². The summed E-state index contributed by atoms with van der Waals surface area (Å²) in [4.78, 5) is 10.2. The second kappa shape index (κ2) is 5.59. The molecule has 0 bridgehead atoms. The minimum atomic E-state index is 0.113. The van der Waals surface area contributed by atoms with Gasteiger partial charge in [0.05, 0.1) is 21.5 Å². The molecule has 1 aliphatic heterocycles. The zero-order valence-corrected chi connectivity index (χ0v) is 14.2. The van der Waals surface area contributed by atoms with Crippen LogP contribution in [0.3, 0.4) is 0 Å². The van der Waals surface area contributed by atoms with Crippen molar-refractivity contribution in [2.75, 3.05) is 17.3 Å². The molecule has 7 heteroatoms. The van der Waals surface area contributed by atoms with E-state index in [1.165, 1.54) is 0 Å². The van der Waals surface area contributed by atoms with E-state index in [-0.39, 0.29) is 5.28 Å². The summed E-state index contributed by atoms with van der Waals surface area (Å²) in [5, 5.41) is 13.0. The van der Waals surface area contributed by atoms with E-state index in [0.717, 1.165) is 11.4 Å². The summed E-state index contributed by atoms with van der Waals surface area (Å²) in [6, 6.07) is 10.1. The van der Waals surface area contributed by atoms with Crippen molar-refractivity contribution in [1.29, 1.82) is 5.26 Å². The van der Waals surface area contributed by atoms with Crippen molar-refractivity contribution in [3.63, 3.8) is 0 Å². The van der Waals surface area contributed by atoms with Gasteiger partial charge in [-0.1, -0.05) is 12.1 Å². The number of aromatic nitrogens is 2. The molecule has 0 radical (unpaired) electrons. The third-order valence-electron chi connectivity index (χ3n) is 3.43. The van der Waals surface area contributed by atoms with E-state index in [1.807, 2.05) is 36.2 Å². The maximum absolute atomic E-state index is 9.64. The number of nitrogens with zero attached hydrogens (tertiary/aromatic N) is 4. The molecule has 0 saturated heterocycles. The van der Waals surface area contributed by atoms with Crippen molar-refractivity contribution in [2.45, 2.75) is 6.92 Å². The first-order valence-corrected chi connectivity index (χ1v) is 7.64. The molecular formula is C15H11BrClN5. The molecule has 1 aromatic heterocycles. The molecule has 0 aliphatic carbocycles. The zero-order chi connectivity index (χ0) is 15.9. The normalized spacial score (nSPS) is 15.1. The topological polar surface area (TPSA) is 64.8 Å². The van der Waals surface area contributed by atoms with Crippen LogP contribution in [0.4, 0.5) is 11.4 Å². The average Bonchev–Trinajstić information content (AvgIpc) is 2.82. The maximum atomic E-state index is 9.64. The number of hydrogen-bond donors (Lipinski definition) is 1. The van der Waals surface area contributed by atoms with Gasteiger partial charge < -0.3 is 10.2 Å². The molecule has 3 rings (SSSR count). The molecular weight excluding hydrogens is 366 g/mol. The molecule has 22 heavy (non-hydrogen) atoms. The van der Waals surface area contributed by atoms with Gasteiger partial charge in [0.1, 0.15) is 23.2 Å². The molecule has 2 heterocycles. The van der Waals surface area contributed by atoms with E-state index >= 15 is 0 Å². The van der Waals surface area contributed by atoms with Gasteiger partial charge >= 0.3 is 0 Å². The molecule has 1 N–H and O–H groups in total. The van der Waals surface area contributed by atoms with E-state index < -0.39 is 0 Å². The Kier molecular flexibility index (Phi) is 3.77. The molecule has 0 unspecified atom stereocenters. The van der Waals surface area contributed by atoms with Crippen LogP contribution in [-0.4, -0.2) is 17.0 Å². The molecule has 110 valence electrons. The van der Waals surface area contributed by atoms with Crippen molar-refractivity contribution in [2.24, 2.45) is 0 Å². The van der Waals surface area contributed by atoms with Gasteiger partial charge in [-0.15, -0.1) is 0 Å². The lowest BCUT2D eigenvalue weighted by atomic mass is 10.1. The summed E-state index contributed by atoms with van der Waals surface area (Å²) < 4.78 is 0.659. The lowest BCUT2D eigenvalue weighted by Crippen LogP contribution is -2.17. The van der Waals surface area contributed by atoms with Gasteiger partial charge in [-0.05, 0) is 46.6 Å². The predicted molar refractivity (Wildman–Crippen MR) is 90.5 cm³/mol. The molecule has 0 spiro atoms. The lowest BCUT2D eigenvalue weighted by molar-refractivity contribution is 1.06. The van der Waals surface area contributed by atoms with Crippen LogP contribution in [0.15, 0.2) is 34.6 Å². The van der Waals surface area contributed by atoms with Crippen molar-refractivity contribution in [3.8, 4) is 6.07 Å². The average molecular weight is 377 g/mol. The van der Waals surface area contributed by atoms with E-state index in [2.05, 4.69) is 37.3 Å². The number of hydrogen-bond acceptors (Lipinski definition) is 5. The lowest BCUT2D eigenvalue weighted by Gasteiger charge is -2.16. The number of nitriles is 1. The number of benzene rings is 1. The van der Waals surface area contributed by atoms with Gasteiger partial charge in [-0.25, -0.2) is 9.97 Å². The predicted octanol–water partition coefficient (Wildman–Crippen LogP) is 3.96. The summed E-state index contributed by atoms with van der Waals surface area (Å²) in [6.45, 7) is 1.81. The van der Waals surface area contributed by atoms with Gasteiger partial charge in [0.2, 0.25) is 5.28 Å². The smallest absolute Gasteiger partial charge is 0.223 e. The highest BCUT2D eigenvalue weighted by molar-refractivity contribution is 9.10. The molecule has 0 saturated carbocycles. The van der Waals surface area contributed by atoms with Gasteiger partial charge in [0.15, 0.2) is 0 Å². The molecule has 1 aliphatic rings. The van der Waals surface area contributed by atoms with E-state index in [1.54, 1.807) is 6.92 Å². The Bertz CT molecular complexity index is 840. The Hall–Kier alpha value is -2.10. The summed E-state index contributed by atoms with van der Waals surface area (Å²) >= 11 is 9.39. The first-order valence-electron chi connectivity index (χ1n) is 6.47. The van der Waals surface area contributed by atoms with Crippen LogP contribution in [0.25, 0.3) is 5.57 Å². The highest BCUT2D eigenvalue weighted by Gasteiger charge is 2.26. The number of fused-ring (bicyclic) bond motifs is 1. The fourth-order valence-electron chi connectivity index (χ4n) is 2.34. The highest BCUT2D eigenvalue weighted by atomic mass is 79.9. The van der Waals surface area contributed by atoms with Crippen LogP contribution in [-0.2, 0) is 0 Å². The molecule has 1 aromatic carbocycles. The van der Waals surface area contributed by atoms with Crippen LogP contribution >= 0.6 is 27.5 Å². The molecule has 0 amide bonds. The van der Waals surface area contributed by atoms with Crippen molar-refractivity contribution in [1.82, 2.24) is 9.97 Å². The second-order valence-corrected chi connectivity index (χ2v) is 5.91. The largest absolute Gasteiger partial charge is 0.339 e. The van der Waals surface area contributed by atoms with Crippen LogP contribution in [0.1, 0.15) is 11.4 Å². The van der Waals surface area contributed by atoms with Crippen molar-refractivity contribution in [3.05, 3.63) is 51.2 Å². The van der Waals surface area contributed by atoms with Gasteiger partial charge in [-0.3, -0.25) is 0 Å². The number of aryl methyl sites for hydroxylation is 1. The van der Waals surface area contributed by atoms with E-state index in [0.29, 0.717) is 27.3 Å². The second-order valence-electron chi connectivity index (χ2n) is 4.78. The van der Waals surface area contributed by atoms with E-state index in [9.17, 15) is 5.26 Å². The Morgan fingerprint density at radius 2 is 2.09 bits per heavy atom. The van der Waals surface area contributed by atoms with E-state index in [4.69, 9.17) is 11.6 Å². The van der Waals surface area contributed by atoms with Crippen LogP contribution in [0, 0.1) is 18.3 Å². The first-order chi connectivity index (χ1) is 10.5. The minimum Gasteiger partial charge on any atom is -0.339 e. The van der Waals surface area contributed by atoms with Crippen molar-refractivity contribution < 1.29 is 0 Å². The third kappa shape index (κ3) is 2.32. The fraction of sp³-hybridized carbons (Fsp3) is 0.133. The Morgan fingerprint density at radius 1 is 1.36 bits per heavy atom. The van der Waals surface area contributed by atoms with Crippen molar-refractivity contribution >= 4 is 44.5 Å². The van der Waals surface area contributed by atoms with Gasteiger partial charge in [0.25, 0.3) is 0 Å². The van der Waals surface area contributed by atoms with Gasteiger partial charge in [0, 0.05) is 7.05 Å². The molecule has 0 fully saturated rings. The number of nitrogens with one attached hydrogen (secondary N) is 1. The standard InChI is InChI=1S/C15H11BrClN5/c1-8-12(16)13(21-15(17)19-8)9(7-18)14-20-10-5-3-4-6-11(10)22(14)2/h3-6,20H,1-2H3. The van der Waals surface area contributed by atoms with Gasteiger partial charge in [-0.2, -0.15) is 5.26 Å². The monoisotopic (exact) mass is 375 g/mol. The number of para-hydroxylation sites is 2. The summed E-state index contributed by atoms with van der Waals surface area (Å²) in [6.07, 6.45) is 0. The van der Waals surface area contributed by atoms with Crippen LogP contribution < -0.4 is 10.2 Å². The molecule has 2 aromatic rings. The first kappa shape index (κ1) is 14.8. The summed E-state index contributed by atoms with van der Waals surface area (Å²) in [7, 11) is 1.90. The highest BCUT2D eigenvalue weighted by Crippen LogP contribution is 2.38. The fourth-order valence-corrected chi connectivity index (χ4v) is 2.93.